The van der Waals surface area contributed by atoms with Crippen LogP contribution in [0.1, 0.15) is 18.6 Å². The van der Waals surface area contributed by atoms with Crippen molar-refractivity contribution in [2.24, 2.45) is 0 Å². The third-order valence-electron chi connectivity index (χ3n) is 3.08. The maximum atomic E-state index is 11.7. The second kappa shape index (κ2) is 6.34. The SMILES string of the molecule is CCOC(=O)N1CC(c2ccc(OC)c(OC)c2)OC1=O. The first-order valence-corrected chi connectivity index (χ1v) is 6.47. The van der Waals surface area contributed by atoms with Crippen LogP contribution in [0.25, 0.3) is 0 Å². The van der Waals surface area contributed by atoms with Crippen LogP contribution < -0.4 is 9.47 Å². The second-order valence-corrected chi connectivity index (χ2v) is 4.30. The molecule has 1 fully saturated rings. The topological polar surface area (TPSA) is 74.3 Å². The van der Waals surface area contributed by atoms with E-state index in [1.165, 1.54) is 14.2 Å². The van der Waals surface area contributed by atoms with Gasteiger partial charge in [-0.3, -0.25) is 0 Å². The summed E-state index contributed by atoms with van der Waals surface area (Å²) >= 11 is 0. The number of carbonyl (C=O) groups is 2. The summed E-state index contributed by atoms with van der Waals surface area (Å²) in [6.45, 7) is 1.97. The summed E-state index contributed by atoms with van der Waals surface area (Å²) in [6.07, 6.45) is -1.97. The fraction of sp³-hybridized carbons (Fsp3) is 0.429. The van der Waals surface area contributed by atoms with Gasteiger partial charge in [0.05, 0.1) is 27.4 Å². The summed E-state index contributed by atoms with van der Waals surface area (Å²) in [5.74, 6) is 1.11. The fourth-order valence-corrected chi connectivity index (χ4v) is 2.04. The van der Waals surface area contributed by atoms with E-state index >= 15 is 0 Å². The Labute approximate surface area is 122 Å². The first-order valence-electron chi connectivity index (χ1n) is 6.47. The molecule has 1 aliphatic rings. The highest BCUT2D eigenvalue weighted by atomic mass is 16.6. The van der Waals surface area contributed by atoms with Crippen molar-refractivity contribution < 1.29 is 28.5 Å². The number of hydrogen-bond donors (Lipinski definition) is 0. The van der Waals surface area contributed by atoms with Gasteiger partial charge in [0.25, 0.3) is 0 Å². The number of benzene rings is 1. The molecule has 1 aromatic carbocycles. The molecule has 7 heteroatoms. The van der Waals surface area contributed by atoms with Gasteiger partial charge in [-0.2, -0.15) is 0 Å². The van der Waals surface area contributed by atoms with Gasteiger partial charge in [0.15, 0.2) is 11.5 Å². The number of amides is 2. The summed E-state index contributed by atoms with van der Waals surface area (Å²) in [5, 5.41) is 0. The summed E-state index contributed by atoms with van der Waals surface area (Å²) in [4.78, 5) is 24.2. The molecule has 0 aliphatic carbocycles. The fourth-order valence-electron chi connectivity index (χ4n) is 2.04. The zero-order chi connectivity index (χ0) is 15.4. The third-order valence-corrected chi connectivity index (χ3v) is 3.08. The van der Waals surface area contributed by atoms with Crippen molar-refractivity contribution in [3.05, 3.63) is 23.8 Å². The molecule has 0 aromatic heterocycles. The van der Waals surface area contributed by atoms with E-state index < -0.39 is 18.3 Å². The lowest BCUT2D eigenvalue weighted by Crippen LogP contribution is -2.32. The Hall–Kier alpha value is -2.44. The number of cyclic esters (lactones) is 1. The Morgan fingerprint density at radius 3 is 2.67 bits per heavy atom. The summed E-state index contributed by atoms with van der Waals surface area (Å²) < 4.78 is 20.3. The number of hydrogen-bond acceptors (Lipinski definition) is 6. The third kappa shape index (κ3) is 3.01. The molecule has 1 aliphatic heterocycles. The first-order chi connectivity index (χ1) is 10.1. The molecule has 21 heavy (non-hydrogen) atoms. The van der Waals surface area contributed by atoms with Gasteiger partial charge in [0.2, 0.25) is 0 Å². The maximum Gasteiger partial charge on any atom is 0.420 e. The molecule has 2 amide bonds. The van der Waals surface area contributed by atoms with E-state index in [0.29, 0.717) is 17.1 Å². The van der Waals surface area contributed by atoms with Crippen LogP contribution in [0, 0.1) is 0 Å². The van der Waals surface area contributed by atoms with Crippen LogP contribution in [-0.2, 0) is 9.47 Å². The van der Waals surface area contributed by atoms with Gasteiger partial charge in [-0.1, -0.05) is 6.07 Å². The predicted molar refractivity (Wildman–Crippen MR) is 72.5 cm³/mol. The number of methoxy groups -OCH3 is 2. The van der Waals surface area contributed by atoms with E-state index in [0.717, 1.165) is 4.90 Å². The lowest BCUT2D eigenvalue weighted by molar-refractivity contribution is 0.111. The Bertz CT molecular complexity index is 544. The van der Waals surface area contributed by atoms with Crippen molar-refractivity contribution in [1.82, 2.24) is 4.90 Å². The molecule has 7 nitrogen and oxygen atoms in total. The Morgan fingerprint density at radius 1 is 1.33 bits per heavy atom. The molecule has 1 saturated heterocycles. The van der Waals surface area contributed by atoms with Gasteiger partial charge in [-0.05, 0) is 24.6 Å². The standard InChI is InChI=1S/C14H17NO6/c1-4-20-13(16)15-8-12(21-14(15)17)9-5-6-10(18-2)11(7-9)19-3/h5-7,12H,4,8H2,1-3H3. The van der Waals surface area contributed by atoms with Gasteiger partial charge >= 0.3 is 12.2 Å². The zero-order valence-electron chi connectivity index (χ0n) is 12.1. The van der Waals surface area contributed by atoms with E-state index in [4.69, 9.17) is 18.9 Å². The van der Waals surface area contributed by atoms with E-state index in [2.05, 4.69) is 0 Å². The molecule has 1 heterocycles. The lowest BCUT2D eigenvalue weighted by atomic mass is 10.1. The molecule has 0 bridgehead atoms. The molecular formula is C14H17NO6. The quantitative estimate of drug-likeness (QED) is 0.849. The summed E-state index contributed by atoms with van der Waals surface area (Å²) in [5.41, 5.74) is 0.716. The van der Waals surface area contributed by atoms with E-state index in [1.807, 2.05) is 0 Å². The number of nitrogens with zero attached hydrogens (tertiary/aromatic N) is 1. The molecule has 1 unspecified atom stereocenters. The average molecular weight is 295 g/mol. The van der Waals surface area contributed by atoms with E-state index in [-0.39, 0.29) is 13.2 Å². The molecule has 0 spiro atoms. The highest BCUT2D eigenvalue weighted by molar-refractivity contribution is 5.89. The first kappa shape index (κ1) is 15.0. The molecule has 0 N–H and O–H groups in total. The van der Waals surface area contributed by atoms with Crippen LogP contribution in [0.15, 0.2) is 18.2 Å². The van der Waals surface area contributed by atoms with Crippen LogP contribution in [-0.4, -0.2) is 44.5 Å². The zero-order valence-corrected chi connectivity index (χ0v) is 12.1. The predicted octanol–water partition coefficient (Wildman–Crippen LogP) is 2.35. The normalized spacial score (nSPS) is 17.4. The Balaban J connectivity index is 2.17. The van der Waals surface area contributed by atoms with Gasteiger partial charge < -0.3 is 18.9 Å². The molecule has 0 radical (unpaired) electrons. The van der Waals surface area contributed by atoms with Crippen molar-refractivity contribution in [3.63, 3.8) is 0 Å². The smallest absolute Gasteiger partial charge is 0.420 e. The van der Waals surface area contributed by atoms with Crippen LogP contribution in [0.4, 0.5) is 9.59 Å². The number of ether oxygens (including phenoxy) is 4. The van der Waals surface area contributed by atoms with Crippen molar-refractivity contribution in [3.8, 4) is 11.5 Å². The highest BCUT2D eigenvalue weighted by Gasteiger charge is 2.37. The van der Waals surface area contributed by atoms with E-state index in [9.17, 15) is 9.59 Å². The monoisotopic (exact) mass is 295 g/mol. The molecular weight excluding hydrogens is 278 g/mol. The minimum Gasteiger partial charge on any atom is -0.493 e. The van der Waals surface area contributed by atoms with Crippen molar-refractivity contribution in [1.29, 1.82) is 0 Å². The van der Waals surface area contributed by atoms with Gasteiger partial charge in [-0.15, -0.1) is 0 Å². The Kier molecular flexibility index (Phi) is 4.52. The highest BCUT2D eigenvalue weighted by Crippen LogP contribution is 2.33. The average Bonchev–Trinajstić information content (AvgIpc) is 2.88. The molecule has 1 atom stereocenters. The molecule has 0 saturated carbocycles. The number of imide groups is 1. The summed E-state index contributed by atoms with van der Waals surface area (Å²) in [6, 6.07) is 5.19. The van der Waals surface area contributed by atoms with Crippen LogP contribution in [0.2, 0.25) is 0 Å². The molecule has 114 valence electrons. The summed E-state index contributed by atoms with van der Waals surface area (Å²) in [7, 11) is 3.06. The Morgan fingerprint density at radius 2 is 2.05 bits per heavy atom. The van der Waals surface area contributed by atoms with Crippen LogP contribution in [0.3, 0.4) is 0 Å². The van der Waals surface area contributed by atoms with E-state index in [1.54, 1.807) is 25.1 Å². The van der Waals surface area contributed by atoms with Crippen molar-refractivity contribution in [2.75, 3.05) is 27.4 Å². The maximum absolute atomic E-state index is 11.7. The minimum atomic E-state index is -0.715. The number of carbonyl (C=O) groups excluding carboxylic acids is 2. The molecule has 1 aromatic rings. The van der Waals surface area contributed by atoms with Gasteiger partial charge in [-0.25, -0.2) is 14.5 Å². The van der Waals surface area contributed by atoms with Crippen molar-refractivity contribution in [2.45, 2.75) is 13.0 Å². The van der Waals surface area contributed by atoms with Crippen LogP contribution in [0.5, 0.6) is 11.5 Å². The lowest BCUT2D eigenvalue weighted by Gasteiger charge is -2.13. The largest absolute Gasteiger partial charge is 0.493 e. The van der Waals surface area contributed by atoms with Gasteiger partial charge in [0.1, 0.15) is 6.10 Å². The van der Waals surface area contributed by atoms with Crippen LogP contribution >= 0.6 is 0 Å². The minimum absolute atomic E-state index is 0.104. The molecule has 2 rings (SSSR count). The number of rotatable bonds is 4. The van der Waals surface area contributed by atoms with Crippen molar-refractivity contribution >= 4 is 12.2 Å². The van der Waals surface area contributed by atoms with Gasteiger partial charge in [0, 0.05) is 0 Å². The second-order valence-electron chi connectivity index (χ2n) is 4.30.